The minimum absolute atomic E-state index is 0.178. The molecule has 106 valence electrons. The van der Waals surface area contributed by atoms with Crippen LogP contribution in [0.25, 0.3) is 0 Å². The van der Waals surface area contributed by atoms with Crippen molar-refractivity contribution in [1.82, 2.24) is 0 Å². The fraction of sp³-hybridized carbons (Fsp3) is 0.429. The predicted molar refractivity (Wildman–Crippen MR) is 74.4 cm³/mol. The fourth-order valence-corrected chi connectivity index (χ4v) is 2.62. The number of amides is 1. The zero-order chi connectivity index (χ0) is 14.8. The van der Waals surface area contributed by atoms with Gasteiger partial charge in [-0.3, -0.25) is 4.79 Å². The highest BCUT2D eigenvalue weighted by Gasteiger charge is 2.37. The zero-order valence-electron chi connectivity index (χ0n) is 10.6. The van der Waals surface area contributed by atoms with Gasteiger partial charge in [-0.2, -0.15) is 5.26 Å². The van der Waals surface area contributed by atoms with Gasteiger partial charge in [-0.05, 0) is 31.0 Å². The van der Waals surface area contributed by atoms with Gasteiger partial charge in [-0.25, -0.2) is 8.78 Å². The number of nitrogens with one attached hydrogen (secondary N) is 1. The number of rotatable bonds is 2. The first-order valence-electron chi connectivity index (χ1n) is 6.29. The summed E-state index contributed by atoms with van der Waals surface area (Å²) in [7, 11) is 0. The Balaban J connectivity index is 2.04. The zero-order valence-corrected chi connectivity index (χ0v) is 12.2. The van der Waals surface area contributed by atoms with E-state index in [9.17, 15) is 13.6 Å². The van der Waals surface area contributed by atoms with E-state index in [4.69, 9.17) is 5.26 Å². The van der Waals surface area contributed by atoms with Crippen LogP contribution in [0.3, 0.4) is 0 Å². The lowest BCUT2D eigenvalue weighted by Gasteiger charge is -2.27. The second-order valence-corrected chi connectivity index (χ2v) is 5.84. The van der Waals surface area contributed by atoms with E-state index in [2.05, 4.69) is 21.2 Å². The maximum atomic E-state index is 13.1. The van der Waals surface area contributed by atoms with Gasteiger partial charge in [0, 0.05) is 23.2 Å². The lowest BCUT2D eigenvalue weighted by Crippen LogP contribution is -2.31. The number of hydrogen-bond donors (Lipinski definition) is 1. The van der Waals surface area contributed by atoms with E-state index in [1.54, 1.807) is 18.2 Å². The normalized spacial score (nSPS) is 18.3. The van der Waals surface area contributed by atoms with Gasteiger partial charge in [-0.1, -0.05) is 15.9 Å². The summed E-state index contributed by atoms with van der Waals surface area (Å²) in [4.78, 5) is 12.1. The lowest BCUT2D eigenvalue weighted by molar-refractivity contribution is -0.124. The van der Waals surface area contributed by atoms with Crippen molar-refractivity contribution in [3.63, 3.8) is 0 Å². The molecule has 0 aliphatic heterocycles. The summed E-state index contributed by atoms with van der Waals surface area (Å²) < 4.78 is 26.8. The Kier molecular flexibility index (Phi) is 4.39. The Bertz CT molecular complexity index is 559. The number of hydrogen-bond acceptors (Lipinski definition) is 2. The first kappa shape index (κ1) is 14.9. The van der Waals surface area contributed by atoms with Crippen molar-refractivity contribution in [2.24, 2.45) is 5.92 Å². The van der Waals surface area contributed by atoms with Crippen molar-refractivity contribution in [2.45, 2.75) is 31.6 Å². The number of nitriles is 1. The number of benzene rings is 1. The summed E-state index contributed by atoms with van der Waals surface area (Å²) in [6.45, 7) is 0. The van der Waals surface area contributed by atoms with Crippen molar-refractivity contribution in [1.29, 1.82) is 5.26 Å². The van der Waals surface area contributed by atoms with Crippen LogP contribution in [0.1, 0.15) is 31.2 Å². The second kappa shape index (κ2) is 5.88. The van der Waals surface area contributed by atoms with E-state index in [-0.39, 0.29) is 31.6 Å². The van der Waals surface area contributed by atoms with E-state index in [0.29, 0.717) is 11.3 Å². The molecule has 6 heteroatoms. The highest BCUT2D eigenvalue weighted by Crippen LogP contribution is 2.36. The molecule has 1 aliphatic rings. The van der Waals surface area contributed by atoms with Crippen molar-refractivity contribution < 1.29 is 13.6 Å². The Morgan fingerprint density at radius 2 is 2.05 bits per heavy atom. The predicted octanol–water partition coefficient (Wildman–Crippen LogP) is 4.08. The molecule has 3 nitrogen and oxygen atoms in total. The molecule has 1 amide bonds. The fourth-order valence-electron chi connectivity index (χ4n) is 2.26. The minimum Gasteiger partial charge on any atom is -0.325 e. The van der Waals surface area contributed by atoms with Crippen LogP contribution in [0.4, 0.5) is 14.5 Å². The van der Waals surface area contributed by atoms with Gasteiger partial charge in [0.1, 0.15) is 6.07 Å². The van der Waals surface area contributed by atoms with Crippen LogP contribution < -0.4 is 5.32 Å². The molecule has 0 unspecified atom stereocenters. The third-order valence-corrected chi connectivity index (χ3v) is 3.94. The molecule has 0 aromatic heterocycles. The van der Waals surface area contributed by atoms with E-state index >= 15 is 0 Å². The summed E-state index contributed by atoms with van der Waals surface area (Å²) in [5, 5.41) is 11.7. The quantitative estimate of drug-likeness (QED) is 0.880. The van der Waals surface area contributed by atoms with Gasteiger partial charge < -0.3 is 5.32 Å². The van der Waals surface area contributed by atoms with Gasteiger partial charge in [0.2, 0.25) is 11.8 Å². The summed E-state index contributed by atoms with van der Waals surface area (Å²) in [5.41, 5.74) is 0.756. The minimum atomic E-state index is -2.65. The Labute approximate surface area is 124 Å². The SMILES string of the molecule is N#Cc1cc(Br)ccc1NC(=O)C1CCC(F)(F)CC1. The molecule has 1 N–H and O–H groups in total. The molecule has 0 bridgehead atoms. The third-order valence-electron chi connectivity index (χ3n) is 3.45. The highest BCUT2D eigenvalue weighted by atomic mass is 79.9. The molecular weight excluding hydrogens is 330 g/mol. The first-order valence-corrected chi connectivity index (χ1v) is 7.09. The van der Waals surface area contributed by atoms with Crippen LogP contribution in [-0.2, 0) is 4.79 Å². The summed E-state index contributed by atoms with van der Waals surface area (Å²) in [6, 6.07) is 6.93. The molecule has 1 aromatic rings. The maximum absolute atomic E-state index is 13.1. The maximum Gasteiger partial charge on any atom is 0.248 e. The van der Waals surface area contributed by atoms with Crippen LogP contribution >= 0.6 is 15.9 Å². The van der Waals surface area contributed by atoms with E-state index in [1.807, 2.05) is 6.07 Å². The smallest absolute Gasteiger partial charge is 0.248 e. The molecule has 1 fully saturated rings. The Hall–Kier alpha value is -1.48. The first-order chi connectivity index (χ1) is 9.41. The molecule has 20 heavy (non-hydrogen) atoms. The van der Waals surface area contributed by atoms with E-state index < -0.39 is 11.8 Å². The lowest BCUT2D eigenvalue weighted by atomic mass is 9.86. The average Bonchev–Trinajstić information content (AvgIpc) is 2.40. The van der Waals surface area contributed by atoms with Crippen LogP contribution in [0.2, 0.25) is 0 Å². The molecule has 0 saturated heterocycles. The van der Waals surface area contributed by atoms with Gasteiger partial charge in [0.05, 0.1) is 11.3 Å². The van der Waals surface area contributed by atoms with Crippen molar-refractivity contribution in [3.05, 3.63) is 28.2 Å². The van der Waals surface area contributed by atoms with Crippen LogP contribution in [0.5, 0.6) is 0 Å². The van der Waals surface area contributed by atoms with Gasteiger partial charge in [0.25, 0.3) is 0 Å². The summed E-state index contributed by atoms with van der Waals surface area (Å²) in [6.07, 6.45) is -0.151. The largest absolute Gasteiger partial charge is 0.325 e. The molecule has 0 spiro atoms. The van der Waals surface area contributed by atoms with E-state index in [1.165, 1.54) is 0 Å². The average molecular weight is 343 g/mol. The van der Waals surface area contributed by atoms with E-state index in [0.717, 1.165) is 4.47 Å². The monoisotopic (exact) mass is 342 g/mol. The number of carbonyl (C=O) groups excluding carboxylic acids is 1. The Morgan fingerprint density at radius 3 is 2.65 bits per heavy atom. The molecule has 0 radical (unpaired) electrons. The number of halogens is 3. The van der Waals surface area contributed by atoms with Crippen molar-refractivity contribution in [3.8, 4) is 6.07 Å². The van der Waals surface area contributed by atoms with Gasteiger partial charge in [-0.15, -0.1) is 0 Å². The molecule has 2 rings (SSSR count). The topological polar surface area (TPSA) is 52.9 Å². The number of carbonyl (C=O) groups is 1. The van der Waals surface area contributed by atoms with Crippen LogP contribution in [-0.4, -0.2) is 11.8 Å². The summed E-state index contributed by atoms with van der Waals surface area (Å²) >= 11 is 3.25. The van der Waals surface area contributed by atoms with Crippen molar-refractivity contribution >= 4 is 27.5 Å². The summed E-state index contributed by atoms with van der Waals surface area (Å²) in [5.74, 6) is -3.35. The van der Waals surface area contributed by atoms with Gasteiger partial charge in [0.15, 0.2) is 0 Å². The number of nitrogens with zero attached hydrogens (tertiary/aromatic N) is 1. The second-order valence-electron chi connectivity index (χ2n) is 4.92. The van der Waals surface area contributed by atoms with Crippen LogP contribution in [0.15, 0.2) is 22.7 Å². The Morgan fingerprint density at radius 1 is 1.40 bits per heavy atom. The number of anilines is 1. The molecule has 1 aromatic carbocycles. The standard InChI is InChI=1S/C14H13BrF2N2O/c15-11-1-2-12(10(7-11)8-18)19-13(20)9-3-5-14(16,17)6-4-9/h1-2,7,9H,3-6H2,(H,19,20). The molecule has 1 saturated carbocycles. The number of alkyl halides is 2. The molecule has 1 aliphatic carbocycles. The van der Waals surface area contributed by atoms with Gasteiger partial charge >= 0.3 is 0 Å². The van der Waals surface area contributed by atoms with Crippen LogP contribution in [0, 0.1) is 17.2 Å². The van der Waals surface area contributed by atoms with Crippen molar-refractivity contribution in [2.75, 3.05) is 5.32 Å². The third kappa shape index (κ3) is 3.54. The molecule has 0 heterocycles. The molecule has 0 atom stereocenters. The molecular formula is C14H13BrF2N2O. The highest BCUT2D eigenvalue weighted by molar-refractivity contribution is 9.10.